The van der Waals surface area contributed by atoms with Crippen LogP contribution in [0.25, 0.3) is 11.4 Å². The zero-order chi connectivity index (χ0) is 21.0. The molecule has 0 fully saturated rings. The number of nitrogens with zero attached hydrogens (tertiary/aromatic N) is 3. The van der Waals surface area contributed by atoms with Gasteiger partial charge in [0, 0.05) is 12.1 Å². The van der Waals surface area contributed by atoms with E-state index in [1.54, 1.807) is 6.26 Å². The van der Waals surface area contributed by atoms with Crippen molar-refractivity contribution < 1.29 is 9.21 Å². The molecule has 3 rings (SSSR count). The normalized spacial score (nSPS) is 12.7. The van der Waals surface area contributed by atoms with Gasteiger partial charge in [-0.15, -0.1) is 10.2 Å². The van der Waals surface area contributed by atoms with Crippen molar-refractivity contribution in [3.05, 3.63) is 54.0 Å². The molecule has 0 bridgehead atoms. The molecule has 2 heterocycles. The topological polar surface area (TPSA) is 73.0 Å². The van der Waals surface area contributed by atoms with Gasteiger partial charge in [-0.25, -0.2) is 0 Å². The maximum absolute atomic E-state index is 12.3. The number of benzene rings is 1. The number of hydrogen-bond acceptors (Lipinski definition) is 5. The smallest absolute Gasteiger partial charge is 0.231 e. The summed E-state index contributed by atoms with van der Waals surface area (Å²) in [4.78, 5) is 12.3. The summed E-state index contributed by atoms with van der Waals surface area (Å²) in [6.07, 6.45) is 1.60. The average Bonchev–Trinajstić information content (AvgIpc) is 3.35. The fourth-order valence-electron chi connectivity index (χ4n) is 3.04. The first-order valence-electron chi connectivity index (χ1n) is 9.79. The van der Waals surface area contributed by atoms with Crippen LogP contribution in [-0.2, 0) is 16.8 Å². The van der Waals surface area contributed by atoms with Gasteiger partial charge in [0.05, 0.1) is 18.1 Å². The number of amides is 1. The Labute approximate surface area is 176 Å². The Morgan fingerprint density at radius 2 is 1.93 bits per heavy atom. The van der Waals surface area contributed by atoms with Crippen molar-refractivity contribution >= 4 is 17.7 Å². The third-order valence-electron chi connectivity index (χ3n) is 4.72. The molecule has 3 aromatic rings. The number of thioether (sulfide) groups is 1. The average molecular weight is 413 g/mol. The Morgan fingerprint density at radius 1 is 1.21 bits per heavy atom. The van der Waals surface area contributed by atoms with Crippen molar-refractivity contribution in [2.45, 2.75) is 57.8 Å². The molecular weight excluding hydrogens is 384 g/mol. The second-order valence-electron chi connectivity index (χ2n) is 7.97. The lowest BCUT2D eigenvalue weighted by Gasteiger charge is -2.19. The third-order valence-corrected chi connectivity index (χ3v) is 5.69. The van der Waals surface area contributed by atoms with E-state index in [9.17, 15) is 4.79 Å². The quantitative estimate of drug-likeness (QED) is 0.563. The predicted molar refractivity (Wildman–Crippen MR) is 116 cm³/mol. The fourth-order valence-corrected chi connectivity index (χ4v) is 3.85. The molecule has 0 aliphatic heterocycles. The minimum Gasteiger partial charge on any atom is -0.467 e. The summed E-state index contributed by atoms with van der Waals surface area (Å²) in [6, 6.07) is 11.9. The maximum atomic E-state index is 12.3. The van der Waals surface area contributed by atoms with Crippen molar-refractivity contribution in [1.82, 2.24) is 20.1 Å². The van der Waals surface area contributed by atoms with Crippen LogP contribution in [0.1, 0.15) is 52.0 Å². The molecule has 1 amide bonds. The largest absolute Gasteiger partial charge is 0.467 e. The summed E-state index contributed by atoms with van der Waals surface area (Å²) in [7, 11) is 0. The van der Waals surface area contributed by atoms with E-state index in [4.69, 9.17) is 4.42 Å². The van der Waals surface area contributed by atoms with Crippen molar-refractivity contribution in [1.29, 1.82) is 0 Å². The zero-order valence-electron chi connectivity index (χ0n) is 17.6. The van der Waals surface area contributed by atoms with Crippen molar-refractivity contribution in [2.24, 2.45) is 0 Å². The number of furan rings is 1. The van der Waals surface area contributed by atoms with Gasteiger partial charge in [0.25, 0.3) is 0 Å². The summed E-state index contributed by atoms with van der Waals surface area (Å²) >= 11 is 1.39. The Hall–Kier alpha value is -2.54. The van der Waals surface area contributed by atoms with E-state index in [0.717, 1.165) is 28.8 Å². The highest BCUT2D eigenvalue weighted by Crippen LogP contribution is 2.27. The second-order valence-corrected chi connectivity index (χ2v) is 8.91. The molecule has 29 heavy (non-hydrogen) atoms. The van der Waals surface area contributed by atoms with Crippen LogP contribution in [0.4, 0.5) is 0 Å². The van der Waals surface area contributed by atoms with E-state index in [2.05, 4.69) is 67.5 Å². The molecule has 1 atom stereocenters. The van der Waals surface area contributed by atoms with E-state index < -0.39 is 0 Å². The number of hydrogen-bond donors (Lipinski definition) is 1. The summed E-state index contributed by atoms with van der Waals surface area (Å²) in [5.41, 5.74) is 2.41. The van der Waals surface area contributed by atoms with Crippen LogP contribution >= 0.6 is 11.8 Å². The number of carbonyl (C=O) groups is 1. The number of carbonyl (C=O) groups excluding carboxylic acids is 1. The fraction of sp³-hybridized carbons (Fsp3) is 0.409. The van der Waals surface area contributed by atoms with Gasteiger partial charge in [-0.2, -0.15) is 0 Å². The van der Waals surface area contributed by atoms with Gasteiger partial charge < -0.3 is 14.3 Å². The van der Waals surface area contributed by atoms with Crippen LogP contribution in [0.2, 0.25) is 0 Å². The Bertz CT molecular complexity index is 940. The molecule has 2 aromatic heterocycles. The van der Waals surface area contributed by atoms with Crippen LogP contribution in [0.3, 0.4) is 0 Å². The Kier molecular flexibility index (Phi) is 6.47. The highest BCUT2D eigenvalue weighted by molar-refractivity contribution is 7.99. The molecule has 0 aliphatic rings. The van der Waals surface area contributed by atoms with Gasteiger partial charge in [0.1, 0.15) is 5.76 Å². The van der Waals surface area contributed by atoms with E-state index >= 15 is 0 Å². The predicted octanol–water partition coefficient (Wildman–Crippen LogP) is 4.83. The van der Waals surface area contributed by atoms with E-state index in [1.165, 1.54) is 17.3 Å². The van der Waals surface area contributed by atoms with E-state index in [0.29, 0.717) is 0 Å². The van der Waals surface area contributed by atoms with Gasteiger partial charge in [0.2, 0.25) is 5.91 Å². The summed E-state index contributed by atoms with van der Waals surface area (Å²) in [5.74, 6) is 1.76. The molecule has 0 saturated carbocycles. The molecule has 0 radical (unpaired) electrons. The highest BCUT2D eigenvalue weighted by Gasteiger charge is 2.18. The summed E-state index contributed by atoms with van der Waals surface area (Å²) < 4.78 is 7.37. The SMILES string of the molecule is CCn1c(SCC(=O)NC(C)c2ccco2)nnc1-c1ccc(C(C)(C)C)cc1. The van der Waals surface area contributed by atoms with Crippen LogP contribution in [0.5, 0.6) is 0 Å². The summed E-state index contributed by atoms with van der Waals surface area (Å²) in [6.45, 7) is 11.3. The molecule has 154 valence electrons. The minimum absolute atomic E-state index is 0.0689. The van der Waals surface area contributed by atoms with Gasteiger partial charge >= 0.3 is 0 Å². The first-order valence-corrected chi connectivity index (χ1v) is 10.8. The monoisotopic (exact) mass is 412 g/mol. The molecular formula is C22H28N4O2S. The van der Waals surface area contributed by atoms with Gasteiger partial charge in [-0.3, -0.25) is 4.79 Å². The molecule has 1 aromatic carbocycles. The molecule has 0 saturated heterocycles. The molecule has 1 N–H and O–H groups in total. The number of aromatic nitrogens is 3. The lowest BCUT2D eigenvalue weighted by Crippen LogP contribution is -2.28. The molecule has 1 unspecified atom stereocenters. The lowest BCUT2D eigenvalue weighted by atomic mass is 9.87. The van der Waals surface area contributed by atoms with Crippen LogP contribution in [-0.4, -0.2) is 26.4 Å². The first kappa shape index (κ1) is 21.2. The van der Waals surface area contributed by atoms with Gasteiger partial charge in [0.15, 0.2) is 11.0 Å². The van der Waals surface area contributed by atoms with Crippen molar-refractivity contribution in [3.8, 4) is 11.4 Å². The van der Waals surface area contributed by atoms with Crippen LogP contribution < -0.4 is 5.32 Å². The highest BCUT2D eigenvalue weighted by atomic mass is 32.2. The second kappa shape index (κ2) is 8.86. The number of nitrogens with one attached hydrogen (secondary N) is 1. The van der Waals surface area contributed by atoms with Gasteiger partial charge in [-0.05, 0) is 37.0 Å². The molecule has 0 aliphatic carbocycles. The van der Waals surface area contributed by atoms with Gasteiger partial charge in [-0.1, -0.05) is 56.8 Å². The van der Waals surface area contributed by atoms with Crippen molar-refractivity contribution in [2.75, 3.05) is 5.75 Å². The van der Waals surface area contributed by atoms with E-state index in [-0.39, 0.29) is 23.1 Å². The number of rotatable bonds is 7. The maximum Gasteiger partial charge on any atom is 0.231 e. The molecule has 7 heteroatoms. The molecule has 6 nitrogen and oxygen atoms in total. The zero-order valence-corrected chi connectivity index (χ0v) is 18.4. The van der Waals surface area contributed by atoms with E-state index in [1.807, 2.05) is 23.6 Å². The third kappa shape index (κ3) is 5.09. The standard InChI is InChI=1S/C22H28N4O2S/c1-6-26-20(16-9-11-17(12-10-16)22(3,4)5)24-25-21(26)29-14-19(27)23-15(2)18-8-7-13-28-18/h7-13,15H,6,14H2,1-5H3,(H,23,27). The molecule has 0 spiro atoms. The van der Waals surface area contributed by atoms with Crippen LogP contribution in [0.15, 0.2) is 52.2 Å². The minimum atomic E-state index is -0.168. The summed E-state index contributed by atoms with van der Waals surface area (Å²) in [5, 5.41) is 12.4. The Balaban J connectivity index is 1.67. The lowest BCUT2D eigenvalue weighted by molar-refractivity contribution is -0.119. The van der Waals surface area contributed by atoms with Crippen LogP contribution in [0, 0.1) is 0 Å². The van der Waals surface area contributed by atoms with Crippen molar-refractivity contribution in [3.63, 3.8) is 0 Å². The Morgan fingerprint density at radius 3 is 2.52 bits per heavy atom. The first-order chi connectivity index (χ1) is 13.8.